The molecule has 0 radical (unpaired) electrons. The zero-order chi connectivity index (χ0) is 15.6. The third-order valence-electron chi connectivity index (χ3n) is 3.62. The first-order chi connectivity index (χ1) is 9.93. The summed E-state index contributed by atoms with van der Waals surface area (Å²) in [6.45, 7) is 8.87. The molecule has 1 aromatic rings. The maximum Gasteiger partial charge on any atom is 0.245 e. The molecule has 0 saturated carbocycles. The Morgan fingerprint density at radius 3 is 2.71 bits per heavy atom. The van der Waals surface area contributed by atoms with Gasteiger partial charge in [0.1, 0.15) is 24.2 Å². The Kier molecular flexibility index (Phi) is 4.59. The number of nitrogens with zero attached hydrogens (tertiary/aromatic N) is 4. The van der Waals surface area contributed by atoms with Crippen LogP contribution in [0.25, 0.3) is 0 Å². The van der Waals surface area contributed by atoms with Gasteiger partial charge >= 0.3 is 0 Å². The lowest BCUT2D eigenvalue weighted by Crippen LogP contribution is -2.61. The van der Waals surface area contributed by atoms with Crippen LogP contribution in [0.3, 0.4) is 0 Å². The number of carbonyl (C=O) groups is 2. The fraction of sp³-hybridized carbons (Fsp3) is 0.714. The first kappa shape index (κ1) is 15.5. The van der Waals surface area contributed by atoms with Gasteiger partial charge in [0.05, 0.1) is 6.54 Å². The normalized spacial score (nSPS) is 22.8. The highest BCUT2D eigenvalue weighted by molar-refractivity contribution is 5.96. The van der Waals surface area contributed by atoms with Crippen LogP contribution in [0.15, 0.2) is 6.33 Å². The van der Waals surface area contributed by atoms with Crippen LogP contribution in [0.1, 0.15) is 39.9 Å². The predicted molar refractivity (Wildman–Crippen MR) is 77.1 cm³/mol. The highest BCUT2D eigenvalue weighted by atomic mass is 16.2. The molecule has 0 spiro atoms. The van der Waals surface area contributed by atoms with Gasteiger partial charge in [0.25, 0.3) is 0 Å². The molecule has 21 heavy (non-hydrogen) atoms. The van der Waals surface area contributed by atoms with Crippen LogP contribution in [0, 0.1) is 5.92 Å². The van der Waals surface area contributed by atoms with Gasteiger partial charge in [-0.2, -0.15) is 5.10 Å². The van der Waals surface area contributed by atoms with Crippen LogP contribution >= 0.6 is 0 Å². The van der Waals surface area contributed by atoms with E-state index < -0.39 is 12.1 Å². The zero-order valence-electron chi connectivity index (χ0n) is 13.0. The molecule has 2 unspecified atom stereocenters. The molecule has 7 nitrogen and oxygen atoms in total. The van der Waals surface area contributed by atoms with Gasteiger partial charge in [-0.1, -0.05) is 20.8 Å². The van der Waals surface area contributed by atoms with Crippen LogP contribution in [0.2, 0.25) is 0 Å². The second-order valence-corrected chi connectivity index (χ2v) is 5.87. The van der Waals surface area contributed by atoms with E-state index in [1.54, 1.807) is 11.8 Å². The predicted octanol–water partition coefficient (Wildman–Crippen LogP) is 0.560. The summed E-state index contributed by atoms with van der Waals surface area (Å²) < 4.78 is 1.81. The van der Waals surface area contributed by atoms with Crippen LogP contribution in [0.5, 0.6) is 0 Å². The van der Waals surface area contributed by atoms with Crippen molar-refractivity contribution in [2.75, 3.05) is 0 Å². The topological polar surface area (TPSA) is 80.1 Å². The third-order valence-corrected chi connectivity index (χ3v) is 3.62. The molecular weight excluding hydrogens is 270 g/mol. The standard InChI is InChI=1S/C14H23N5O2/c1-5-11-13(20)17-10(4)14(21)18(11)7-12-15-8-16-19(12)6-9(2)3/h8-11H,5-7H2,1-4H3,(H,17,20). The summed E-state index contributed by atoms with van der Waals surface area (Å²) in [5.74, 6) is 0.990. The Bertz CT molecular complexity index is 525. The van der Waals surface area contributed by atoms with E-state index in [-0.39, 0.29) is 11.8 Å². The van der Waals surface area contributed by atoms with Crippen LogP contribution in [-0.2, 0) is 22.7 Å². The number of aromatic nitrogens is 3. The van der Waals surface area contributed by atoms with Crippen molar-refractivity contribution in [1.82, 2.24) is 25.0 Å². The lowest BCUT2D eigenvalue weighted by Gasteiger charge is -2.37. The summed E-state index contributed by atoms with van der Waals surface area (Å²) >= 11 is 0. The Hall–Kier alpha value is -1.92. The van der Waals surface area contributed by atoms with E-state index in [1.807, 2.05) is 11.6 Å². The van der Waals surface area contributed by atoms with Gasteiger partial charge in [-0.3, -0.25) is 9.59 Å². The summed E-state index contributed by atoms with van der Waals surface area (Å²) in [5.41, 5.74) is 0. The smallest absolute Gasteiger partial charge is 0.245 e. The van der Waals surface area contributed by atoms with Crippen molar-refractivity contribution >= 4 is 11.8 Å². The molecule has 1 aliphatic heterocycles. The molecule has 2 atom stereocenters. The minimum absolute atomic E-state index is 0.0689. The molecule has 2 amide bonds. The molecule has 1 aromatic heterocycles. The Morgan fingerprint density at radius 2 is 2.10 bits per heavy atom. The van der Waals surface area contributed by atoms with Crippen LogP contribution in [0.4, 0.5) is 0 Å². The van der Waals surface area contributed by atoms with Gasteiger partial charge in [0.15, 0.2) is 0 Å². The van der Waals surface area contributed by atoms with Gasteiger partial charge in [0, 0.05) is 6.54 Å². The number of piperazine rings is 1. The van der Waals surface area contributed by atoms with Crippen molar-refractivity contribution in [3.63, 3.8) is 0 Å². The maximum absolute atomic E-state index is 12.4. The van der Waals surface area contributed by atoms with Crippen molar-refractivity contribution in [1.29, 1.82) is 0 Å². The van der Waals surface area contributed by atoms with Gasteiger partial charge in [0.2, 0.25) is 11.8 Å². The minimum Gasteiger partial charge on any atom is -0.343 e. The number of carbonyl (C=O) groups excluding carboxylic acids is 2. The van der Waals surface area contributed by atoms with Crippen LogP contribution < -0.4 is 5.32 Å². The molecule has 2 heterocycles. The fourth-order valence-corrected chi connectivity index (χ4v) is 2.57. The molecule has 0 aliphatic carbocycles. The molecular formula is C14H23N5O2. The monoisotopic (exact) mass is 293 g/mol. The minimum atomic E-state index is -0.484. The molecule has 1 aliphatic rings. The van der Waals surface area contributed by atoms with E-state index in [0.717, 1.165) is 12.4 Å². The first-order valence-electron chi connectivity index (χ1n) is 7.41. The number of nitrogens with one attached hydrogen (secondary N) is 1. The first-order valence-corrected chi connectivity index (χ1v) is 7.41. The average Bonchev–Trinajstić information content (AvgIpc) is 2.82. The maximum atomic E-state index is 12.4. The van der Waals surface area contributed by atoms with Crippen molar-refractivity contribution in [3.8, 4) is 0 Å². The Balaban J connectivity index is 2.21. The van der Waals surface area contributed by atoms with Gasteiger partial charge in [-0.25, -0.2) is 9.67 Å². The van der Waals surface area contributed by atoms with Crippen LogP contribution in [-0.4, -0.2) is 43.6 Å². The van der Waals surface area contributed by atoms with E-state index in [1.165, 1.54) is 6.33 Å². The van der Waals surface area contributed by atoms with Crippen molar-refractivity contribution in [2.45, 2.75) is 59.3 Å². The number of rotatable bonds is 5. The second kappa shape index (κ2) is 6.24. The van der Waals surface area contributed by atoms with E-state index in [4.69, 9.17) is 0 Å². The molecule has 2 rings (SSSR count). The highest BCUT2D eigenvalue weighted by Crippen LogP contribution is 2.16. The lowest BCUT2D eigenvalue weighted by molar-refractivity contribution is -0.149. The van der Waals surface area contributed by atoms with E-state index in [9.17, 15) is 9.59 Å². The average molecular weight is 293 g/mol. The molecule has 1 saturated heterocycles. The summed E-state index contributed by atoms with van der Waals surface area (Å²) in [7, 11) is 0. The number of amides is 2. The summed E-state index contributed by atoms with van der Waals surface area (Å²) in [6.07, 6.45) is 2.08. The summed E-state index contributed by atoms with van der Waals surface area (Å²) in [5, 5.41) is 6.92. The van der Waals surface area contributed by atoms with Crippen molar-refractivity contribution in [3.05, 3.63) is 12.2 Å². The van der Waals surface area contributed by atoms with E-state index in [2.05, 4.69) is 29.2 Å². The summed E-state index contributed by atoms with van der Waals surface area (Å²) in [6, 6.07) is -0.917. The quantitative estimate of drug-likeness (QED) is 0.860. The largest absolute Gasteiger partial charge is 0.343 e. The Morgan fingerprint density at radius 1 is 1.38 bits per heavy atom. The SMILES string of the molecule is CCC1C(=O)NC(C)C(=O)N1Cc1ncnn1CC(C)C. The fourth-order valence-electron chi connectivity index (χ4n) is 2.57. The molecule has 0 bridgehead atoms. The molecule has 1 N–H and O–H groups in total. The third kappa shape index (κ3) is 3.22. The number of hydrogen-bond acceptors (Lipinski definition) is 4. The van der Waals surface area contributed by atoms with Crippen molar-refractivity contribution in [2.24, 2.45) is 5.92 Å². The summed E-state index contributed by atoms with van der Waals surface area (Å²) in [4.78, 5) is 30.2. The molecule has 1 fully saturated rings. The lowest BCUT2D eigenvalue weighted by atomic mass is 10.1. The van der Waals surface area contributed by atoms with Crippen molar-refractivity contribution < 1.29 is 9.59 Å². The number of hydrogen-bond donors (Lipinski definition) is 1. The Labute approximate surface area is 124 Å². The second-order valence-electron chi connectivity index (χ2n) is 5.87. The molecule has 7 heteroatoms. The van der Waals surface area contributed by atoms with E-state index in [0.29, 0.717) is 18.9 Å². The van der Waals surface area contributed by atoms with E-state index >= 15 is 0 Å². The zero-order valence-corrected chi connectivity index (χ0v) is 13.0. The van der Waals surface area contributed by atoms with Gasteiger partial charge < -0.3 is 10.2 Å². The van der Waals surface area contributed by atoms with Gasteiger partial charge in [-0.15, -0.1) is 0 Å². The molecule has 0 aromatic carbocycles. The van der Waals surface area contributed by atoms with Gasteiger partial charge in [-0.05, 0) is 19.3 Å². The highest BCUT2D eigenvalue weighted by Gasteiger charge is 2.38. The molecule has 116 valence electrons.